The van der Waals surface area contributed by atoms with Gasteiger partial charge in [0.05, 0.1) is 25.2 Å². The molecule has 0 spiro atoms. The summed E-state index contributed by atoms with van der Waals surface area (Å²) in [4.78, 5) is 24.5. The van der Waals surface area contributed by atoms with E-state index < -0.39 is 15.7 Å². The average molecular weight is 484 g/mol. The molecular weight excluding hydrogens is 453 g/mol. The molecule has 2 N–H and O–H groups in total. The van der Waals surface area contributed by atoms with Crippen LogP contribution in [0.3, 0.4) is 0 Å². The summed E-state index contributed by atoms with van der Waals surface area (Å²) in [5.74, 6) is -0.601. The lowest BCUT2D eigenvalue weighted by Gasteiger charge is -2.13. The van der Waals surface area contributed by atoms with E-state index in [0.29, 0.717) is 36.6 Å². The van der Waals surface area contributed by atoms with Crippen molar-refractivity contribution in [2.75, 3.05) is 38.4 Å². The molecule has 0 fully saturated rings. The fraction of sp³-hybridized carbons (Fsp3) is 0.524. The van der Waals surface area contributed by atoms with Gasteiger partial charge in [0.1, 0.15) is 21.3 Å². The Morgan fingerprint density at radius 2 is 1.88 bits per heavy atom. The van der Waals surface area contributed by atoms with Crippen LogP contribution in [0.5, 0.6) is 5.75 Å². The Hall–Kier alpha value is -3.02. The van der Waals surface area contributed by atoms with Gasteiger partial charge >= 0.3 is 0 Å². The van der Waals surface area contributed by atoms with E-state index in [2.05, 4.69) is 20.9 Å². The molecule has 0 aliphatic rings. The van der Waals surface area contributed by atoms with Crippen molar-refractivity contribution in [1.82, 2.24) is 25.6 Å². The lowest BCUT2D eigenvalue weighted by Crippen LogP contribution is -2.29. The van der Waals surface area contributed by atoms with Crippen molar-refractivity contribution >= 4 is 21.7 Å². The number of ether oxygens (including phenoxy) is 1. The maximum atomic E-state index is 12.2. The van der Waals surface area contributed by atoms with E-state index in [4.69, 9.17) is 4.74 Å². The van der Waals surface area contributed by atoms with Crippen LogP contribution >= 0.6 is 0 Å². The topological polar surface area (TPSA) is 132 Å². The molecule has 1 heterocycles. The molecule has 0 atom stereocenters. The number of hydrogen-bond donors (Lipinski definition) is 2. The lowest BCUT2D eigenvalue weighted by atomic mass is 10.1. The zero-order valence-corrected chi connectivity index (χ0v) is 19.7. The Balaban J connectivity index is 2.16. The van der Waals surface area contributed by atoms with Gasteiger partial charge in [-0.3, -0.25) is 14.0 Å². The Kier molecular flexibility index (Phi) is 10.2. The van der Waals surface area contributed by atoms with Crippen LogP contribution in [0.15, 0.2) is 24.4 Å². The summed E-state index contributed by atoms with van der Waals surface area (Å²) in [6.45, 7) is 2.29. The number of benzene rings is 1. The maximum Gasteiger partial charge on any atom is 0.273 e. The van der Waals surface area contributed by atoms with Crippen molar-refractivity contribution in [3.63, 3.8) is 0 Å². The van der Waals surface area contributed by atoms with E-state index in [1.807, 2.05) is 6.92 Å². The number of hydrogen-bond acceptors (Lipinski definition) is 7. The smallest absolute Gasteiger partial charge is 0.273 e. The standard InChI is InChI=1S/C21H30FN5O5S/c1-3-23-20(28)16-8-9-18(19(14-16)32-12-7-5-4-6-10-22)27-15-17(25-26-27)21(29)24-11-13-33(2,30)31/h8-9,14-15H,3-7,10-13H2,1-2H3,(H,23,28)(H,24,29). The van der Waals surface area contributed by atoms with Crippen LogP contribution in [0, 0.1) is 0 Å². The lowest BCUT2D eigenvalue weighted by molar-refractivity contribution is 0.0945. The highest BCUT2D eigenvalue weighted by Crippen LogP contribution is 2.25. The highest BCUT2D eigenvalue weighted by atomic mass is 32.2. The number of nitrogens with zero attached hydrogens (tertiary/aromatic N) is 3. The minimum atomic E-state index is -3.20. The van der Waals surface area contributed by atoms with Crippen LogP contribution in [0.2, 0.25) is 0 Å². The molecule has 1 aromatic heterocycles. The summed E-state index contributed by atoms with van der Waals surface area (Å²) < 4.78 is 41.9. The van der Waals surface area contributed by atoms with Crippen LogP contribution in [0.25, 0.3) is 5.69 Å². The average Bonchev–Trinajstić information content (AvgIpc) is 3.25. The van der Waals surface area contributed by atoms with Gasteiger partial charge in [-0.25, -0.2) is 13.1 Å². The Morgan fingerprint density at radius 1 is 1.12 bits per heavy atom. The molecule has 33 heavy (non-hydrogen) atoms. The Labute approximate surface area is 192 Å². The van der Waals surface area contributed by atoms with Crippen molar-refractivity contribution in [2.45, 2.75) is 32.6 Å². The summed E-state index contributed by atoms with van der Waals surface area (Å²) in [7, 11) is -3.20. The third-order valence-electron chi connectivity index (χ3n) is 4.58. The molecule has 2 aromatic rings. The van der Waals surface area contributed by atoms with Crippen LogP contribution in [0.4, 0.5) is 4.39 Å². The molecule has 0 saturated heterocycles. The number of sulfone groups is 1. The molecule has 0 saturated carbocycles. The van der Waals surface area contributed by atoms with Gasteiger partial charge in [0.15, 0.2) is 5.69 Å². The number of unbranched alkanes of at least 4 members (excludes halogenated alkanes) is 3. The first kappa shape index (κ1) is 26.2. The second kappa shape index (κ2) is 12.9. The molecule has 0 radical (unpaired) electrons. The number of amides is 2. The predicted octanol–water partition coefficient (Wildman–Crippen LogP) is 1.70. The summed E-state index contributed by atoms with van der Waals surface area (Å²) in [5.41, 5.74) is 0.898. The molecule has 10 nitrogen and oxygen atoms in total. The van der Waals surface area contributed by atoms with E-state index in [9.17, 15) is 22.4 Å². The monoisotopic (exact) mass is 483 g/mol. The van der Waals surface area contributed by atoms with E-state index in [-0.39, 0.29) is 30.6 Å². The summed E-state index contributed by atoms with van der Waals surface area (Å²) in [6, 6.07) is 4.85. The molecule has 2 amide bonds. The molecule has 0 bridgehead atoms. The van der Waals surface area contributed by atoms with Gasteiger partial charge in [0.25, 0.3) is 11.8 Å². The van der Waals surface area contributed by atoms with E-state index >= 15 is 0 Å². The van der Waals surface area contributed by atoms with Crippen molar-refractivity contribution in [1.29, 1.82) is 0 Å². The SMILES string of the molecule is CCNC(=O)c1ccc(-n2cc(C(=O)NCCS(C)(=O)=O)nn2)c(OCCCCCCF)c1. The third-order valence-corrected chi connectivity index (χ3v) is 5.52. The number of aromatic nitrogens is 3. The molecule has 1 aromatic carbocycles. The van der Waals surface area contributed by atoms with Crippen LogP contribution in [-0.4, -0.2) is 73.6 Å². The molecule has 182 valence electrons. The molecule has 2 rings (SSSR count). The predicted molar refractivity (Wildman–Crippen MR) is 121 cm³/mol. The molecule has 0 unspecified atom stereocenters. The highest BCUT2D eigenvalue weighted by Gasteiger charge is 2.16. The minimum Gasteiger partial charge on any atom is -0.491 e. The first-order valence-corrected chi connectivity index (χ1v) is 12.8. The zero-order chi connectivity index (χ0) is 24.3. The highest BCUT2D eigenvalue weighted by molar-refractivity contribution is 7.90. The number of carbonyl (C=O) groups excluding carboxylic acids is 2. The summed E-state index contributed by atoms with van der Waals surface area (Å²) >= 11 is 0. The van der Waals surface area contributed by atoms with Gasteiger partial charge in [-0.2, -0.15) is 0 Å². The van der Waals surface area contributed by atoms with Crippen LogP contribution in [0.1, 0.15) is 53.5 Å². The fourth-order valence-corrected chi connectivity index (χ4v) is 3.35. The van der Waals surface area contributed by atoms with Crippen molar-refractivity contribution < 1.29 is 27.1 Å². The number of rotatable bonds is 14. The molecule has 0 aliphatic heterocycles. The normalized spacial score (nSPS) is 11.2. The zero-order valence-electron chi connectivity index (χ0n) is 18.8. The summed E-state index contributed by atoms with van der Waals surface area (Å²) in [5, 5.41) is 13.0. The second-order valence-corrected chi connectivity index (χ2v) is 9.69. The Bertz CT molecular complexity index is 1040. The van der Waals surface area contributed by atoms with E-state index in [1.54, 1.807) is 18.2 Å². The minimum absolute atomic E-state index is 0.00785. The van der Waals surface area contributed by atoms with E-state index in [1.165, 1.54) is 10.9 Å². The number of halogens is 1. The quantitative estimate of drug-likeness (QED) is 0.391. The first-order chi connectivity index (χ1) is 15.7. The first-order valence-electron chi connectivity index (χ1n) is 10.7. The van der Waals surface area contributed by atoms with Crippen LogP contribution < -0.4 is 15.4 Å². The van der Waals surface area contributed by atoms with Gasteiger partial charge in [-0.05, 0) is 44.4 Å². The van der Waals surface area contributed by atoms with Crippen molar-refractivity contribution in [2.24, 2.45) is 0 Å². The van der Waals surface area contributed by atoms with Crippen LogP contribution in [-0.2, 0) is 9.84 Å². The van der Waals surface area contributed by atoms with Gasteiger partial charge in [-0.1, -0.05) is 11.6 Å². The largest absolute Gasteiger partial charge is 0.491 e. The molecule has 0 aliphatic carbocycles. The molecule has 12 heteroatoms. The Morgan fingerprint density at radius 3 is 2.58 bits per heavy atom. The van der Waals surface area contributed by atoms with Gasteiger partial charge in [0.2, 0.25) is 0 Å². The third kappa shape index (κ3) is 8.79. The number of nitrogens with one attached hydrogen (secondary N) is 2. The van der Waals surface area contributed by atoms with Crippen molar-refractivity contribution in [3.05, 3.63) is 35.7 Å². The fourth-order valence-electron chi connectivity index (χ4n) is 2.88. The summed E-state index contributed by atoms with van der Waals surface area (Å²) in [6.07, 6.45) is 5.30. The second-order valence-electron chi connectivity index (χ2n) is 7.43. The number of carbonyl (C=O) groups is 2. The van der Waals surface area contributed by atoms with Crippen molar-refractivity contribution in [3.8, 4) is 11.4 Å². The molecular formula is C21H30FN5O5S. The van der Waals surface area contributed by atoms with Gasteiger partial charge < -0.3 is 15.4 Å². The maximum absolute atomic E-state index is 12.2. The van der Waals surface area contributed by atoms with Gasteiger partial charge in [0, 0.05) is 24.9 Å². The number of alkyl halides is 1. The van der Waals surface area contributed by atoms with E-state index in [0.717, 1.165) is 25.5 Å². The van der Waals surface area contributed by atoms with Gasteiger partial charge in [-0.15, -0.1) is 5.10 Å².